The van der Waals surface area contributed by atoms with E-state index in [4.69, 9.17) is 0 Å². The number of carbonyl (C=O) groups is 1. The number of nitrogens with zero attached hydrogens (tertiary/aromatic N) is 2. The minimum absolute atomic E-state index is 0.0370. The van der Waals surface area contributed by atoms with Gasteiger partial charge in [0.05, 0.1) is 11.3 Å². The quantitative estimate of drug-likeness (QED) is 0.646. The normalized spacial score (nSPS) is 15.5. The van der Waals surface area contributed by atoms with E-state index in [1.54, 1.807) is 11.0 Å². The van der Waals surface area contributed by atoms with Gasteiger partial charge in [-0.25, -0.2) is 8.42 Å². The molecular formula is C24H26N2O3S. The van der Waals surface area contributed by atoms with Crippen LogP contribution in [0.4, 0.5) is 0 Å². The molecule has 4 rings (SSSR count). The molecule has 30 heavy (non-hydrogen) atoms. The van der Waals surface area contributed by atoms with Crippen LogP contribution in [0, 0.1) is 13.8 Å². The average molecular weight is 423 g/mol. The first kappa shape index (κ1) is 20.6. The Bertz CT molecular complexity index is 1190. The molecule has 1 heterocycles. The summed E-state index contributed by atoms with van der Waals surface area (Å²) in [5.41, 5.74) is 2.79. The second kappa shape index (κ2) is 8.20. The number of piperazine rings is 1. The summed E-state index contributed by atoms with van der Waals surface area (Å²) in [7, 11) is -3.55. The van der Waals surface area contributed by atoms with E-state index in [2.05, 4.69) is 0 Å². The van der Waals surface area contributed by atoms with Crippen LogP contribution in [0.15, 0.2) is 65.6 Å². The predicted molar refractivity (Wildman–Crippen MR) is 119 cm³/mol. The summed E-state index contributed by atoms with van der Waals surface area (Å²) < 4.78 is 27.6. The Kier molecular flexibility index (Phi) is 5.62. The number of carbonyl (C=O) groups excluding carboxylic acids is 1. The molecule has 0 aliphatic carbocycles. The fourth-order valence-electron chi connectivity index (χ4n) is 4.13. The van der Waals surface area contributed by atoms with Crippen LogP contribution in [-0.4, -0.2) is 49.7 Å². The third-order valence-electron chi connectivity index (χ3n) is 5.76. The van der Waals surface area contributed by atoms with E-state index in [9.17, 15) is 13.2 Å². The maximum absolute atomic E-state index is 13.1. The summed E-state index contributed by atoms with van der Waals surface area (Å²) >= 11 is 0. The van der Waals surface area contributed by atoms with Gasteiger partial charge in [-0.15, -0.1) is 0 Å². The molecule has 0 radical (unpaired) electrons. The lowest BCUT2D eigenvalue weighted by molar-refractivity contribution is -0.131. The Morgan fingerprint density at radius 2 is 1.60 bits per heavy atom. The van der Waals surface area contributed by atoms with Gasteiger partial charge in [0.25, 0.3) is 0 Å². The van der Waals surface area contributed by atoms with Crippen molar-refractivity contribution in [2.24, 2.45) is 0 Å². The van der Waals surface area contributed by atoms with Gasteiger partial charge in [-0.2, -0.15) is 4.31 Å². The highest BCUT2D eigenvalue weighted by Crippen LogP contribution is 2.23. The van der Waals surface area contributed by atoms with Crippen LogP contribution >= 0.6 is 0 Å². The standard InChI is InChI=1S/C24H26N2O3S/c1-18-10-11-23(19(2)16-18)30(28,29)26-14-12-25(13-15-26)24(27)17-21-8-5-7-20-6-3-4-9-22(20)21/h3-11,16H,12-15,17H2,1-2H3. The minimum atomic E-state index is -3.55. The molecule has 0 saturated carbocycles. The van der Waals surface area contributed by atoms with Gasteiger partial charge in [0.2, 0.25) is 15.9 Å². The second-order valence-electron chi connectivity index (χ2n) is 7.87. The number of aryl methyl sites for hydroxylation is 2. The molecule has 156 valence electrons. The fraction of sp³-hybridized carbons (Fsp3) is 0.292. The van der Waals surface area contributed by atoms with Gasteiger partial charge < -0.3 is 4.90 Å². The SMILES string of the molecule is Cc1ccc(S(=O)(=O)N2CCN(C(=O)Cc3cccc4ccccc34)CC2)c(C)c1. The topological polar surface area (TPSA) is 57.7 Å². The van der Waals surface area contributed by atoms with Crippen molar-refractivity contribution in [1.82, 2.24) is 9.21 Å². The third kappa shape index (κ3) is 3.98. The molecule has 3 aromatic rings. The Morgan fingerprint density at radius 3 is 2.33 bits per heavy atom. The Labute approximate surface area is 178 Å². The highest BCUT2D eigenvalue weighted by atomic mass is 32.2. The zero-order valence-corrected chi connectivity index (χ0v) is 18.2. The molecule has 0 atom stereocenters. The number of hydrogen-bond donors (Lipinski definition) is 0. The van der Waals surface area contributed by atoms with Gasteiger partial charge in [-0.3, -0.25) is 4.79 Å². The van der Waals surface area contributed by atoms with E-state index in [-0.39, 0.29) is 5.91 Å². The van der Waals surface area contributed by atoms with Crippen molar-refractivity contribution >= 4 is 26.7 Å². The number of amides is 1. The maximum atomic E-state index is 13.1. The number of benzene rings is 3. The first-order valence-corrected chi connectivity index (χ1v) is 11.6. The molecule has 1 saturated heterocycles. The Morgan fingerprint density at radius 1 is 0.900 bits per heavy atom. The number of hydrogen-bond acceptors (Lipinski definition) is 3. The lowest BCUT2D eigenvalue weighted by atomic mass is 10.0. The van der Waals surface area contributed by atoms with Crippen LogP contribution in [0.2, 0.25) is 0 Å². The lowest BCUT2D eigenvalue weighted by Gasteiger charge is -2.34. The third-order valence-corrected chi connectivity index (χ3v) is 7.82. The number of sulfonamides is 1. The van der Waals surface area contributed by atoms with Crippen molar-refractivity contribution in [1.29, 1.82) is 0 Å². The molecule has 0 N–H and O–H groups in total. The summed E-state index contributed by atoms with van der Waals surface area (Å²) in [4.78, 5) is 15.0. The molecule has 0 aromatic heterocycles. The van der Waals surface area contributed by atoms with Gasteiger partial charge in [0.15, 0.2) is 0 Å². The van der Waals surface area contributed by atoms with Crippen molar-refractivity contribution in [3.63, 3.8) is 0 Å². The van der Waals surface area contributed by atoms with E-state index in [1.807, 2.05) is 68.4 Å². The molecule has 0 bridgehead atoms. The highest BCUT2D eigenvalue weighted by molar-refractivity contribution is 7.89. The number of fused-ring (bicyclic) bond motifs is 1. The first-order chi connectivity index (χ1) is 14.4. The molecule has 1 aliphatic rings. The monoisotopic (exact) mass is 422 g/mol. The smallest absolute Gasteiger partial charge is 0.243 e. The van der Waals surface area contributed by atoms with Crippen molar-refractivity contribution in [3.8, 4) is 0 Å². The summed E-state index contributed by atoms with van der Waals surface area (Å²) in [5, 5.41) is 2.21. The summed E-state index contributed by atoms with van der Waals surface area (Å²) in [6.07, 6.45) is 0.325. The molecule has 5 nitrogen and oxygen atoms in total. The van der Waals surface area contributed by atoms with Crippen LogP contribution in [0.5, 0.6) is 0 Å². The van der Waals surface area contributed by atoms with E-state index < -0.39 is 10.0 Å². The molecular weight excluding hydrogens is 396 g/mol. The van der Waals surface area contributed by atoms with Crippen LogP contribution in [0.25, 0.3) is 10.8 Å². The van der Waals surface area contributed by atoms with Crippen molar-refractivity contribution < 1.29 is 13.2 Å². The van der Waals surface area contributed by atoms with Gasteiger partial charge in [-0.1, -0.05) is 60.2 Å². The molecule has 3 aromatic carbocycles. The predicted octanol–water partition coefficient (Wildman–Crippen LogP) is 3.53. The minimum Gasteiger partial charge on any atom is -0.340 e. The van der Waals surface area contributed by atoms with Crippen LogP contribution in [0.1, 0.15) is 16.7 Å². The Balaban J connectivity index is 1.44. The van der Waals surface area contributed by atoms with E-state index in [1.165, 1.54) is 4.31 Å². The zero-order valence-electron chi connectivity index (χ0n) is 17.3. The second-order valence-corrected chi connectivity index (χ2v) is 9.78. The first-order valence-electron chi connectivity index (χ1n) is 10.2. The van der Waals surface area contributed by atoms with Crippen LogP contribution < -0.4 is 0 Å². The van der Waals surface area contributed by atoms with E-state index in [0.717, 1.165) is 27.5 Å². The molecule has 0 unspecified atom stereocenters. The molecule has 0 spiro atoms. The van der Waals surface area contributed by atoms with Crippen molar-refractivity contribution in [2.75, 3.05) is 26.2 Å². The largest absolute Gasteiger partial charge is 0.340 e. The van der Waals surface area contributed by atoms with Crippen LogP contribution in [0.3, 0.4) is 0 Å². The average Bonchev–Trinajstić information content (AvgIpc) is 2.74. The van der Waals surface area contributed by atoms with Gasteiger partial charge in [-0.05, 0) is 41.8 Å². The highest BCUT2D eigenvalue weighted by Gasteiger charge is 2.31. The van der Waals surface area contributed by atoms with Gasteiger partial charge in [0, 0.05) is 26.2 Å². The van der Waals surface area contributed by atoms with Crippen molar-refractivity contribution in [2.45, 2.75) is 25.2 Å². The zero-order chi connectivity index (χ0) is 21.3. The van der Waals surface area contributed by atoms with Crippen molar-refractivity contribution in [3.05, 3.63) is 77.4 Å². The maximum Gasteiger partial charge on any atom is 0.243 e. The van der Waals surface area contributed by atoms with Gasteiger partial charge in [0.1, 0.15) is 0 Å². The molecule has 1 fully saturated rings. The summed E-state index contributed by atoms with van der Waals surface area (Å²) in [6.45, 7) is 5.23. The van der Waals surface area contributed by atoms with Crippen LogP contribution in [-0.2, 0) is 21.2 Å². The summed E-state index contributed by atoms with van der Waals surface area (Å²) in [5.74, 6) is 0.0370. The summed E-state index contributed by atoms with van der Waals surface area (Å²) in [6, 6.07) is 19.4. The fourth-order valence-corrected chi connectivity index (χ4v) is 5.76. The van der Waals surface area contributed by atoms with E-state index >= 15 is 0 Å². The Hall–Kier alpha value is -2.70. The van der Waals surface area contributed by atoms with E-state index in [0.29, 0.717) is 37.5 Å². The lowest BCUT2D eigenvalue weighted by Crippen LogP contribution is -2.50. The molecule has 1 amide bonds. The molecule has 6 heteroatoms. The molecule has 1 aliphatic heterocycles. The van der Waals surface area contributed by atoms with Gasteiger partial charge >= 0.3 is 0 Å². The number of rotatable bonds is 4.